The van der Waals surface area contributed by atoms with Crippen LogP contribution in [-0.2, 0) is 6.42 Å². The van der Waals surface area contributed by atoms with Gasteiger partial charge in [-0.3, -0.25) is 0 Å². The summed E-state index contributed by atoms with van der Waals surface area (Å²) in [5.41, 5.74) is 1.04. The Hall–Kier alpha value is -1.66. The molecule has 2 N–H and O–H groups in total. The standard InChI is InChI=1S/C17H24N4OS/c1-21-10-4-5-13(12-21)11-19-17(22)18-9-8-16-20-14-6-2-3-7-15(14)23-16/h2-3,6-7,13H,4-5,8-12H2,1H3,(H2,18,19,22)/t13-/m1/s1. The van der Waals surface area contributed by atoms with Crippen molar-refractivity contribution in [1.29, 1.82) is 0 Å². The van der Waals surface area contributed by atoms with E-state index in [4.69, 9.17) is 0 Å². The average Bonchev–Trinajstić information content (AvgIpc) is 2.96. The number of nitrogens with one attached hydrogen (secondary N) is 2. The van der Waals surface area contributed by atoms with Crippen LogP contribution in [-0.4, -0.2) is 49.1 Å². The maximum absolute atomic E-state index is 11.9. The first-order chi connectivity index (χ1) is 11.2. The van der Waals surface area contributed by atoms with Crippen LogP contribution in [0.15, 0.2) is 24.3 Å². The van der Waals surface area contributed by atoms with Crippen molar-refractivity contribution >= 4 is 27.6 Å². The van der Waals surface area contributed by atoms with E-state index in [1.807, 2.05) is 18.2 Å². The van der Waals surface area contributed by atoms with E-state index in [1.54, 1.807) is 11.3 Å². The van der Waals surface area contributed by atoms with Crippen LogP contribution in [0.25, 0.3) is 10.2 Å². The van der Waals surface area contributed by atoms with E-state index >= 15 is 0 Å². The van der Waals surface area contributed by atoms with Crippen molar-refractivity contribution in [2.45, 2.75) is 19.3 Å². The molecule has 2 amide bonds. The van der Waals surface area contributed by atoms with Gasteiger partial charge in [0.05, 0.1) is 15.2 Å². The fraction of sp³-hybridized carbons (Fsp3) is 0.529. The second kappa shape index (κ2) is 7.75. The van der Waals surface area contributed by atoms with E-state index < -0.39 is 0 Å². The van der Waals surface area contributed by atoms with E-state index in [-0.39, 0.29) is 6.03 Å². The van der Waals surface area contributed by atoms with Gasteiger partial charge in [-0.05, 0) is 44.5 Å². The molecule has 1 atom stereocenters. The normalized spacial score (nSPS) is 18.9. The molecular weight excluding hydrogens is 308 g/mol. The van der Waals surface area contributed by atoms with Crippen molar-refractivity contribution in [3.8, 4) is 0 Å². The summed E-state index contributed by atoms with van der Waals surface area (Å²) in [6.45, 7) is 3.63. The van der Waals surface area contributed by atoms with Gasteiger partial charge < -0.3 is 15.5 Å². The monoisotopic (exact) mass is 332 g/mol. The van der Waals surface area contributed by atoms with Crippen LogP contribution < -0.4 is 10.6 Å². The highest BCUT2D eigenvalue weighted by Crippen LogP contribution is 2.21. The Morgan fingerprint density at radius 3 is 3.09 bits per heavy atom. The predicted octanol–water partition coefficient (Wildman–Crippen LogP) is 2.48. The number of nitrogens with zero attached hydrogens (tertiary/aromatic N) is 2. The Kier molecular flexibility index (Phi) is 5.46. The van der Waals surface area contributed by atoms with Gasteiger partial charge in [-0.1, -0.05) is 12.1 Å². The number of carbonyl (C=O) groups excluding carboxylic acids is 1. The lowest BCUT2D eigenvalue weighted by Crippen LogP contribution is -2.43. The summed E-state index contributed by atoms with van der Waals surface area (Å²) >= 11 is 1.70. The maximum atomic E-state index is 11.9. The number of para-hydroxylation sites is 1. The van der Waals surface area contributed by atoms with Gasteiger partial charge in [0.25, 0.3) is 0 Å². The zero-order valence-electron chi connectivity index (χ0n) is 13.5. The first-order valence-corrected chi connectivity index (χ1v) is 9.07. The van der Waals surface area contributed by atoms with Crippen molar-refractivity contribution in [1.82, 2.24) is 20.5 Å². The third kappa shape index (κ3) is 4.65. The topological polar surface area (TPSA) is 57.3 Å². The molecule has 1 saturated heterocycles. The van der Waals surface area contributed by atoms with Gasteiger partial charge in [-0.25, -0.2) is 9.78 Å². The number of benzene rings is 1. The molecule has 23 heavy (non-hydrogen) atoms. The number of aromatic nitrogens is 1. The summed E-state index contributed by atoms with van der Waals surface area (Å²) in [4.78, 5) is 18.8. The van der Waals surface area contributed by atoms with E-state index in [2.05, 4.69) is 33.6 Å². The highest BCUT2D eigenvalue weighted by molar-refractivity contribution is 7.18. The summed E-state index contributed by atoms with van der Waals surface area (Å²) in [6, 6.07) is 8.06. The van der Waals surface area contributed by atoms with Gasteiger partial charge in [0.15, 0.2) is 0 Å². The molecule has 1 aromatic heterocycles. The van der Waals surface area contributed by atoms with Crippen molar-refractivity contribution in [2.75, 3.05) is 33.2 Å². The van der Waals surface area contributed by atoms with Crippen LogP contribution in [0.2, 0.25) is 0 Å². The minimum absolute atomic E-state index is 0.0701. The number of rotatable bonds is 5. The second-order valence-electron chi connectivity index (χ2n) is 6.23. The molecule has 2 aromatic rings. The molecule has 124 valence electrons. The summed E-state index contributed by atoms with van der Waals surface area (Å²) < 4.78 is 1.20. The molecule has 0 bridgehead atoms. The van der Waals surface area contributed by atoms with Crippen LogP contribution >= 0.6 is 11.3 Å². The van der Waals surface area contributed by atoms with Crippen LogP contribution in [0.1, 0.15) is 17.8 Å². The summed E-state index contributed by atoms with van der Waals surface area (Å²) in [5, 5.41) is 6.99. The minimum Gasteiger partial charge on any atom is -0.338 e. The number of thiazole rings is 1. The lowest BCUT2D eigenvalue weighted by molar-refractivity contribution is 0.202. The molecule has 3 rings (SSSR count). The molecule has 5 nitrogen and oxygen atoms in total. The molecule has 0 radical (unpaired) electrons. The van der Waals surface area contributed by atoms with Crippen LogP contribution in [0, 0.1) is 5.92 Å². The molecule has 1 fully saturated rings. The fourth-order valence-corrected chi connectivity index (χ4v) is 4.02. The molecule has 1 aromatic carbocycles. The number of likely N-dealkylation sites (tertiary alicyclic amines) is 1. The Balaban J connectivity index is 1.37. The minimum atomic E-state index is -0.0701. The molecular formula is C17H24N4OS. The van der Waals surface area contributed by atoms with Crippen molar-refractivity contribution < 1.29 is 4.79 Å². The van der Waals surface area contributed by atoms with Gasteiger partial charge in [0.1, 0.15) is 0 Å². The van der Waals surface area contributed by atoms with Crippen molar-refractivity contribution in [3.63, 3.8) is 0 Å². The van der Waals surface area contributed by atoms with Crippen LogP contribution in [0.5, 0.6) is 0 Å². The summed E-state index contributed by atoms with van der Waals surface area (Å²) in [7, 11) is 2.14. The van der Waals surface area contributed by atoms with Crippen LogP contribution in [0.4, 0.5) is 4.79 Å². The number of urea groups is 1. The number of hydrogen-bond donors (Lipinski definition) is 2. The zero-order valence-corrected chi connectivity index (χ0v) is 14.4. The molecule has 6 heteroatoms. The highest BCUT2D eigenvalue weighted by Gasteiger charge is 2.17. The van der Waals surface area contributed by atoms with E-state index in [0.717, 1.165) is 30.0 Å². The Morgan fingerprint density at radius 2 is 2.26 bits per heavy atom. The van der Waals surface area contributed by atoms with E-state index in [9.17, 15) is 4.79 Å². The molecule has 1 aliphatic heterocycles. The fourth-order valence-electron chi connectivity index (χ4n) is 3.05. The van der Waals surface area contributed by atoms with Crippen LogP contribution in [0.3, 0.4) is 0 Å². The van der Waals surface area contributed by atoms with Crippen molar-refractivity contribution in [3.05, 3.63) is 29.3 Å². The Bertz CT molecular complexity index is 624. The highest BCUT2D eigenvalue weighted by atomic mass is 32.1. The molecule has 0 saturated carbocycles. The van der Waals surface area contributed by atoms with E-state index in [1.165, 1.54) is 24.1 Å². The number of carbonyl (C=O) groups is 1. The molecule has 0 spiro atoms. The lowest BCUT2D eigenvalue weighted by Gasteiger charge is -2.29. The molecule has 1 aliphatic rings. The van der Waals surface area contributed by atoms with Gasteiger partial charge >= 0.3 is 6.03 Å². The van der Waals surface area contributed by atoms with Gasteiger partial charge in [0, 0.05) is 26.1 Å². The largest absolute Gasteiger partial charge is 0.338 e. The molecule has 2 heterocycles. The predicted molar refractivity (Wildman–Crippen MR) is 94.9 cm³/mol. The van der Waals surface area contributed by atoms with Gasteiger partial charge in [-0.2, -0.15) is 0 Å². The summed E-state index contributed by atoms with van der Waals surface area (Å²) in [5.74, 6) is 0.573. The summed E-state index contributed by atoms with van der Waals surface area (Å²) in [6.07, 6.45) is 3.21. The third-order valence-corrected chi connectivity index (χ3v) is 5.33. The van der Waals surface area contributed by atoms with E-state index in [0.29, 0.717) is 12.5 Å². The zero-order chi connectivity index (χ0) is 16.1. The maximum Gasteiger partial charge on any atom is 0.314 e. The lowest BCUT2D eigenvalue weighted by atomic mass is 9.99. The third-order valence-electron chi connectivity index (χ3n) is 4.24. The van der Waals surface area contributed by atoms with Crippen molar-refractivity contribution in [2.24, 2.45) is 5.92 Å². The number of hydrogen-bond acceptors (Lipinski definition) is 4. The number of fused-ring (bicyclic) bond motifs is 1. The first kappa shape index (κ1) is 16.2. The SMILES string of the molecule is CN1CCC[C@H](CNC(=O)NCCc2nc3ccccc3s2)C1. The Morgan fingerprint density at radius 1 is 1.39 bits per heavy atom. The van der Waals surface area contributed by atoms with Gasteiger partial charge in [0.2, 0.25) is 0 Å². The quantitative estimate of drug-likeness (QED) is 0.884. The average molecular weight is 332 g/mol. The Labute approximate surface area is 141 Å². The second-order valence-corrected chi connectivity index (χ2v) is 7.35. The van der Waals surface area contributed by atoms with Gasteiger partial charge in [-0.15, -0.1) is 11.3 Å². The number of amides is 2. The first-order valence-electron chi connectivity index (χ1n) is 8.25. The number of piperidine rings is 1. The smallest absolute Gasteiger partial charge is 0.314 e. The molecule has 0 unspecified atom stereocenters. The molecule has 0 aliphatic carbocycles.